The van der Waals surface area contributed by atoms with Crippen molar-refractivity contribution < 1.29 is 18.3 Å². The molecule has 28 heavy (non-hydrogen) atoms. The molecule has 1 amide bonds. The number of amides is 1. The van der Waals surface area contributed by atoms with Crippen LogP contribution < -0.4 is 10.1 Å². The molecule has 9 heteroatoms. The zero-order valence-electron chi connectivity index (χ0n) is 14.8. The first-order chi connectivity index (χ1) is 13.5. The van der Waals surface area contributed by atoms with Gasteiger partial charge in [0.05, 0.1) is 18.6 Å². The van der Waals surface area contributed by atoms with Crippen molar-refractivity contribution in [3.05, 3.63) is 60.9 Å². The maximum atomic E-state index is 12.3. The number of rotatable bonds is 8. The number of thioether (sulfide) groups is 2. The molecule has 0 spiro atoms. The zero-order valence-corrected chi connectivity index (χ0v) is 16.5. The Kier molecular flexibility index (Phi) is 6.94. The van der Waals surface area contributed by atoms with Gasteiger partial charge in [0.25, 0.3) is 5.76 Å². The molecule has 0 unspecified atom stereocenters. The number of alkyl halides is 2. The highest BCUT2D eigenvalue weighted by Crippen LogP contribution is 2.26. The predicted octanol–water partition coefficient (Wildman–Crippen LogP) is 4.93. The number of aromatic nitrogens is 2. The largest absolute Gasteiger partial charge is 0.497 e. The van der Waals surface area contributed by atoms with Gasteiger partial charge in [-0.1, -0.05) is 29.6 Å². The molecule has 146 valence electrons. The van der Waals surface area contributed by atoms with Gasteiger partial charge >= 0.3 is 0 Å². The number of carbonyl (C=O) groups excluding carboxylic acids is 1. The molecule has 3 aromatic rings. The van der Waals surface area contributed by atoms with Crippen molar-refractivity contribution in [3.8, 4) is 11.4 Å². The third-order valence-corrected chi connectivity index (χ3v) is 5.32. The van der Waals surface area contributed by atoms with Crippen LogP contribution in [0.15, 0.2) is 71.0 Å². The Bertz CT molecular complexity index is 933. The van der Waals surface area contributed by atoms with Gasteiger partial charge < -0.3 is 10.1 Å². The molecule has 5 nitrogen and oxygen atoms in total. The van der Waals surface area contributed by atoms with Crippen molar-refractivity contribution in [2.75, 3.05) is 18.2 Å². The number of carbonyl (C=O) groups is 1. The van der Waals surface area contributed by atoms with Gasteiger partial charge in [0.2, 0.25) is 5.91 Å². The van der Waals surface area contributed by atoms with Crippen LogP contribution >= 0.6 is 23.5 Å². The maximum absolute atomic E-state index is 12.3. The number of nitrogens with zero attached hydrogens (tertiary/aromatic N) is 2. The molecular formula is C19H17F2N3O2S2. The van der Waals surface area contributed by atoms with E-state index >= 15 is 0 Å². The van der Waals surface area contributed by atoms with Gasteiger partial charge in [-0.25, -0.2) is 4.98 Å². The lowest BCUT2D eigenvalue weighted by atomic mass is 10.3. The van der Waals surface area contributed by atoms with Crippen molar-refractivity contribution in [3.63, 3.8) is 0 Å². The molecule has 0 saturated heterocycles. The third kappa shape index (κ3) is 5.49. The van der Waals surface area contributed by atoms with E-state index in [2.05, 4.69) is 10.3 Å². The second kappa shape index (κ2) is 9.61. The number of imidazole rings is 1. The van der Waals surface area contributed by atoms with Crippen LogP contribution in [0, 0.1) is 0 Å². The minimum atomic E-state index is -2.47. The average molecular weight is 421 g/mol. The van der Waals surface area contributed by atoms with Crippen molar-refractivity contribution in [2.45, 2.75) is 15.8 Å². The molecule has 0 aliphatic rings. The van der Waals surface area contributed by atoms with E-state index in [0.29, 0.717) is 27.5 Å². The Labute approximate surface area is 169 Å². The van der Waals surface area contributed by atoms with Crippen LogP contribution in [-0.2, 0) is 4.79 Å². The molecule has 0 aliphatic heterocycles. The molecule has 1 heterocycles. The summed E-state index contributed by atoms with van der Waals surface area (Å²) in [4.78, 5) is 16.9. The summed E-state index contributed by atoms with van der Waals surface area (Å²) in [7, 11) is 1.60. The number of halogens is 2. The maximum Gasteiger partial charge on any atom is 0.288 e. The summed E-state index contributed by atoms with van der Waals surface area (Å²) in [6.45, 7) is 0. The molecule has 2 aromatic carbocycles. The highest BCUT2D eigenvalue weighted by atomic mass is 32.2. The third-order valence-electron chi connectivity index (χ3n) is 3.63. The fourth-order valence-electron chi connectivity index (χ4n) is 2.40. The topological polar surface area (TPSA) is 56.2 Å². The Morgan fingerprint density at radius 1 is 1.25 bits per heavy atom. The van der Waals surface area contributed by atoms with E-state index in [1.807, 2.05) is 35.0 Å². The molecule has 1 N–H and O–H groups in total. The molecule has 0 saturated carbocycles. The van der Waals surface area contributed by atoms with Gasteiger partial charge in [-0.3, -0.25) is 9.36 Å². The van der Waals surface area contributed by atoms with E-state index in [1.54, 1.807) is 37.6 Å². The number of hydrogen-bond acceptors (Lipinski definition) is 5. The average Bonchev–Trinajstić information content (AvgIpc) is 3.16. The van der Waals surface area contributed by atoms with Gasteiger partial charge in [0, 0.05) is 29.0 Å². The Hall–Kier alpha value is -2.52. The number of benzene rings is 2. The van der Waals surface area contributed by atoms with Crippen LogP contribution in [0.25, 0.3) is 5.69 Å². The monoisotopic (exact) mass is 421 g/mol. The van der Waals surface area contributed by atoms with Crippen LogP contribution in [0.5, 0.6) is 5.75 Å². The molecule has 0 atom stereocenters. The van der Waals surface area contributed by atoms with Crippen LogP contribution in [0.3, 0.4) is 0 Å². The predicted molar refractivity (Wildman–Crippen MR) is 108 cm³/mol. The molecule has 3 rings (SSSR count). The van der Waals surface area contributed by atoms with Crippen molar-refractivity contribution >= 4 is 35.1 Å². The van der Waals surface area contributed by atoms with Crippen LogP contribution in [0.2, 0.25) is 0 Å². The number of methoxy groups -OCH3 is 1. The highest BCUT2D eigenvalue weighted by molar-refractivity contribution is 8.00. The number of nitrogens with one attached hydrogen (secondary N) is 1. The van der Waals surface area contributed by atoms with E-state index in [9.17, 15) is 13.6 Å². The molecule has 0 radical (unpaired) electrons. The second-order valence-corrected chi connectivity index (χ2v) is 7.53. The van der Waals surface area contributed by atoms with Crippen molar-refractivity contribution in [1.82, 2.24) is 9.55 Å². The van der Waals surface area contributed by atoms with E-state index in [-0.39, 0.29) is 11.7 Å². The summed E-state index contributed by atoms with van der Waals surface area (Å²) >= 11 is 1.76. The summed E-state index contributed by atoms with van der Waals surface area (Å²) < 4.78 is 31.8. The van der Waals surface area contributed by atoms with E-state index < -0.39 is 5.76 Å². The normalized spacial score (nSPS) is 10.9. The second-order valence-electron chi connectivity index (χ2n) is 5.52. The standard InChI is InChI=1S/C19H17F2N3O2S2/c1-26-15-4-2-3-14(11-15)24-10-9-22-19(24)27-12-17(25)23-13-5-7-16(8-6-13)28-18(20)21/h2-11,18H,12H2,1H3,(H,23,25). The van der Waals surface area contributed by atoms with Gasteiger partial charge in [0.1, 0.15) is 5.75 Å². The number of anilines is 1. The molecular weight excluding hydrogens is 404 g/mol. The minimum absolute atomic E-state index is 0.161. The van der Waals surface area contributed by atoms with Gasteiger partial charge in [-0.15, -0.1) is 0 Å². The molecule has 0 bridgehead atoms. The molecule has 0 aliphatic carbocycles. The summed E-state index contributed by atoms with van der Waals surface area (Å²) in [6, 6.07) is 13.8. The van der Waals surface area contributed by atoms with E-state index in [0.717, 1.165) is 11.4 Å². The lowest BCUT2D eigenvalue weighted by molar-refractivity contribution is -0.113. The van der Waals surface area contributed by atoms with Gasteiger partial charge in [-0.05, 0) is 36.4 Å². The van der Waals surface area contributed by atoms with E-state index in [4.69, 9.17) is 4.74 Å². The fraction of sp³-hybridized carbons (Fsp3) is 0.158. The van der Waals surface area contributed by atoms with Crippen LogP contribution in [0.1, 0.15) is 0 Å². The summed E-state index contributed by atoms with van der Waals surface area (Å²) in [5, 5.41) is 3.42. The smallest absolute Gasteiger partial charge is 0.288 e. The summed E-state index contributed by atoms with van der Waals surface area (Å²) in [5.74, 6) is -1.79. The first-order valence-electron chi connectivity index (χ1n) is 8.20. The SMILES string of the molecule is COc1cccc(-n2ccnc2SCC(=O)Nc2ccc(SC(F)F)cc2)c1. The molecule has 0 fully saturated rings. The Morgan fingerprint density at radius 3 is 2.75 bits per heavy atom. The van der Waals surface area contributed by atoms with Crippen LogP contribution in [-0.4, -0.2) is 34.1 Å². The number of hydrogen-bond donors (Lipinski definition) is 1. The van der Waals surface area contributed by atoms with Crippen molar-refractivity contribution in [2.24, 2.45) is 0 Å². The van der Waals surface area contributed by atoms with Crippen molar-refractivity contribution in [1.29, 1.82) is 0 Å². The lowest BCUT2D eigenvalue weighted by Crippen LogP contribution is -2.14. The first-order valence-corrected chi connectivity index (χ1v) is 10.1. The summed E-state index contributed by atoms with van der Waals surface area (Å²) in [6.07, 6.45) is 3.48. The van der Waals surface area contributed by atoms with Gasteiger partial charge in [-0.2, -0.15) is 8.78 Å². The fourth-order valence-corrected chi connectivity index (χ4v) is 3.67. The zero-order chi connectivity index (χ0) is 19.9. The highest BCUT2D eigenvalue weighted by Gasteiger charge is 2.11. The minimum Gasteiger partial charge on any atom is -0.497 e. The van der Waals surface area contributed by atoms with E-state index in [1.165, 1.54) is 11.8 Å². The first kappa shape index (κ1) is 20.2. The Morgan fingerprint density at radius 2 is 2.04 bits per heavy atom. The number of ether oxygens (including phenoxy) is 1. The molecule has 1 aromatic heterocycles. The lowest BCUT2D eigenvalue weighted by Gasteiger charge is -2.09. The quantitative estimate of drug-likeness (QED) is 0.523. The van der Waals surface area contributed by atoms with Gasteiger partial charge in [0.15, 0.2) is 5.16 Å². The summed E-state index contributed by atoms with van der Waals surface area (Å²) in [5.41, 5.74) is 1.44. The Balaban J connectivity index is 1.59. The van der Waals surface area contributed by atoms with Crippen LogP contribution in [0.4, 0.5) is 14.5 Å².